The molecule has 1 aromatic rings. The smallest absolute Gasteiger partial charge is 0.407 e. The fourth-order valence-corrected chi connectivity index (χ4v) is 2.59. The Morgan fingerprint density at radius 3 is 2.30 bits per heavy atom. The molecular weight excluding hydrogens is 307 g/mol. The number of benzene rings is 1. The quantitative estimate of drug-likeness (QED) is 0.742. The van der Waals surface area contributed by atoms with Crippen LogP contribution < -0.4 is 5.32 Å². The molecule has 1 heterocycles. The van der Waals surface area contributed by atoms with E-state index in [0.717, 1.165) is 10.5 Å². The molecule has 3 N–H and O–H groups in total. The largest absolute Gasteiger partial charge is 0.481 e. The lowest BCUT2D eigenvalue weighted by atomic mass is 9.95. The zero-order chi connectivity index (χ0) is 17.0. The van der Waals surface area contributed by atoms with E-state index >= 15 is 0 Å². The molecule has 0 spiro atoms. The summed E-state index contributed by atoms with van der Waals surface area (Å²) < 4.78 is 12.8. The predicted octanol–water partition coefficient (Wildman–Crippen LogP) is 0.795. The number of hydrogen-bond acceptors (Lipinski definition) is 3. The summed E-state index contributed by atoms with van der Waals surface area (Å²) in [5.74, 6) is -3.97. The maximum atomic E-state index is 12.8. The molecule has 0 aliphatic carbocycles. The molecular formula is C15H17FN2O5. The van der Waals surface area contributed by atoms with E-state index in [9.17, 15) is 18.8 Å². The molecule has 7 nitrogen and oxygen atoms in total. The van der Waals surface area contributed by atoms with E-state index in [0.29, 0.717) is 6.42 Å². The lowest BCUT2D eigenvalue weighted by Gasteiger charge is -2.14. The van der Waals surface area contributed by atoms with Gasteiger partial charge in [0.25, 0.3) is 0 Å². The Morgan fingerprint density at radius 1 is 1.13 bits per heavy atom. The summed E-state index contributed by atoms with van der Waals surface area (Å²) in [5, 5.41) is 20.7. The van der Waals surface area contributed by atoms with Gasteiger partial charge in [0.15, 0.2) is 0 Å². The monoisotopic (exact) mass is 324 g/mol. The molecule has 1 aliphatic heterocycles. The number of carboxylic acids is 1. The summed E-state index contributed by atoms with van der Waals surface area (Å²) in [5.41, 5.74) is 0.833. The highest BCUT2D eigenvalue weighted by Crippen LogP contribution is 2.24. The van der Waals surface area contributed by atoms with Crippen LogP contribution in [-0.4, -0.2) is 52.7 Å². The third-order valence-corrected chi connectivity index (χ3v) is 3.87. The minimum Gasteiger partial charge on any atom is -0.481 e. The van der Waals surface area contributed by atoms with Crippen LogP contribution in [0.5, 0.6) is 0 Å². The van der Waals surface area contributed by atoms with Crippen LogP contribution in [0.15, 0.2) is 24.3 Å². The van der Waals surface area contributed by atoms with Crippen LogP contribution in [0.3, 0.4) is 0 Å². The maximum Gasteiger partial charge on any atom is 0.407 e. The van der Waals surface area contributed by atoms with E-state index in [1.807, 2.05) is 0 Å². The summed E-state index contributed by atoms with van der Waals surface area (Å²) in [6.07, 6.45) is -0.767. The third kappa shape index (κ3) is 4.18. The van der Waals surface area contributed by atoms with Crippen molar-refractivity contribution in [2.24, 2.45) is 11.8 Å². The van der Waals surface area contributed by atoms with Crippen molar-refractivity contribution in [3.8, 4) is 0 Å². The number of nitrogens with zero attached hydrogens (tertiary/aromatic N) is 1. The van der Waals surface area contributed by atoms with Crippen LogP contribution >= 0.6 is 0 Å². The lowest BCUT2D eigenvalue weighted by Crippen LogP contribution is -2.38. The second-order valence-corrected chi connectivity index (χ2v) is 5.41. The molecule has 0 radical (unpaired) electrons. The van der Waals surface area contributed by atoms with Gasteiger partial charge in [0.2, 0.25) is 5.91 Å². The van der Waals surface area contributed by atoms with Gasteiger partial charge in [0.05, 0.1) is 11.8 Å². The van der Waals surface area contributed by atoms with Crippen LogP contribution in [0.2, 0.25) is 0 Å². The number of likely N-dealkylation sites (tertiary alicyclic amines) is 1. The summed E-state index contributed by atoms with van der Waals surface area (Å²) in [7, 11) is 0. The summed E-state index contributed by atoms with van der Waals surface area (Å²) in [4.78, 5) is 35.2. The van der Waals surface area contributed by atoms with Gasteiger partial charge in [0.1, 0.15) is 5.82 Å². The van der Waals surface area contributed by atoms with Crippen LogP contribution in [0.25, 0.3) is 0 Å². The van der Waals surface area contributed by atoms with Gasteiger partial charge < -0.3 is 20.4 Å². The van der Waals surface area contributed by atoms with Crippen LogP contribution in [-0.2, 0) is 16.0 Å². The van der Waals surface area contributed by atoms with Gasteiger partial charge in [-0.25, -0.2) is 9.18 Å². The van der Waals surface area contributed by atoms with Crippen molar-refractivity contribution >= 4 is 18.0 Å². The molecule has 2 amide bonds. The van der Waals surface area contributed by atoms with Crippen molar-refractivity contribution in [2.75, 3.05) is 19.6 Å². The van der Waals surface area contributed by atoms with Crippen molar-refractivity contribution in [2.45, 2.75) is 6.42 Å². The first-order valence-corrected chi connectivity index (χ1v) is 7.11. The number of carbonyl (C=O) groups is 3. The summed E-state index contributed by atoms with van der Waals surface area (Å²) >= 11 is 0. The highest BCUT2D eigenvalue weighted by atomic mass is 19.1. The van der Waals surface area contributed by atoms with Gasteiger partial charge in [-0.05, 0) is 24.1 Å². The molecule has 2 atom stereocenters. The first-order chi connectivity index (χ1) is 10.9. The number of carboxylic acid groups (broad SMARTS) is 2. The average molecular weight is 324 g/mol. The third-order valence-electron chi connectivity index (χ3n) is 3.87. The molecule has 0 saturated carbocycles. The fraction of sp³-hybridized carbons (Fsp3) is 0.400. The average Bonchev–Trinajstić information content (AvgIpc) is 2.95. The second-order valence-electron chi connectivity index (χ2n) is 5.41. The summed E-state index contributed by atoms with van der Waals surface area (Å²) in [6, 6.07) is 5.84. The number of aliphatic carboxylic acids is 1. The number of halogens is 1. The predicted molar refractivity (Wildman–Crippen MR) is 77.3 cm³/mol. The Hall–Kier alpha value is -2.64. The van der Waals surface area contributed by atoms with Gasteiger partial charge in [-0.15, -0.1) is 0 Å². The van der Waals surface area contributed by atoms with Gasteiger partial charge in [0, 0.05) is 19.6 Å². The molecule has 0 unspecified atom stereocenters. The van der Waals surface area contributed by atoms with Gasteiger partial charge >= 0.3 is 12.1 Å². The van der Waals surface area contributed by atoms with E-state index < -0.39 is 29.8 Å². The topological polar surface area (TPSA) is 107 Å². The molecule has 23 heavy (non-hydrogen) atoms. The Bertz CT molecular complexity index is 604. The first kappa shape index (κ1) is 16.7. The second kappa shape index (κ2) is 7.08. The maximum absolute atomic E-state index is 12.8. The molecule has 2 rings (SSSR count). The van der Waals surface area contributed by atoms with Crippen LogP contribution in [0.4, 0.5) is 9.18 Å². The molecule has 1 saturated heterocycles. The highest BCUT2D eigenvalue weighted by molar-refractivity contribution is 5.86. The Morgan fingerprint density at radius 2 is 1.74 bits per heavy atom. The van der Waals surface area contributed by atoms with E-state index in [1.54, 1.807) is 12.1 Å². The molecule has 124 valence electrons. The Labute approximate surface area is 131 Å². The first-order valence-electron chi connectivity index (χ1n) is 7.11. The summed E-state index contributed by atoms with van der Waals surface area (Å²) in [6.45, 7) is -0.0597. The molecule has 0 aromatic heterocycles. The lowest BCUT2D eigenvalue weighted by molar-refractivity contribution is -0.145. The number of hydrogen-bond donors (Lipinski definition) is 3. The van der Waals surface area contributed by atoms with Crippen molar-refractivity contribution < 1.29 is 29.0 Å². The van der Waals surface area contributed by atoms with E-state index in [4.69, 9.17) is 10.2 Å². The molecule has 8 heteroatoms. The molecule has 1 aromatic carbocycles. The molecule has 1 aliphatic rings. The van der Waals surface area contributed by atoms with Crippen LogP contribution in [0, 0.1) is 17.7 Å². The number of nitrogens with one attached hydrogen (secondary N) is 1. The van der Waals surface area contributed by atoms with Crippen molar-refractivity contribution in [3.63, 3.8) is 0 Å². The zero-order valence-corrected chi connectivity index (χ0v) is 12.2. The zero-order valence-electron chi connectivity index (χ0n) is 12.2. The number of amides is 2. The van der Waals surface area contributed by atoms with Gasteiger partial charge in [-0.3, -0.25) is 9.59 Å². The van der Waals surface area contributed by atoms with E-state index in [-0.39, 0.29) is 25.5 Å². The van der Waals surface area contributed by atoms with Gasteiger partial charge in [-0.2, -0.15) is 0 Å². The molecule has 1 fully saturated rings. The van der Waals surface area contributed by atoms with E-state index in [2.05, 4.69) is 5.32 Å². The number of carbonyl (C=O) groups excluding carboxylic acids is 1. The SMILES string of the molecule is O=C(O)[C@@H]1CN(C(=O)O)C[C@H]1C(=O)NCCc1ccc(F)cc1. The van der Waals surface area contributed by atoms with Crippen LogP contribution in [0.1, 0.15) is 5.56 Å². The highest BCUT2D eigenvalue weighted by Gasteiger charge is 2.43. The Kier molecular flexibility index (Phi) is 5.15. The minimum atomic E-state index is -1.24. The van der Waals surface area contributed by atoms with Crippen molar-refractivity contribution in [3.05, 3.63) is 35.6 Å². The number of rotatable bonds is 5. The molecule has 0 bridgehead atoms. The Balaban J connectivity index is 1.89. The fourth-order valence-electron chi connectivity index (χ4n) is 2.59. The van der Waals surface area contributed by atoms with Crippen molar-refractivity contribution in [1.82, 2.24) is 10.2 Å². The standard InChI is InChI=1S/C15H17FN2O5/c16-10-3-1-9(2-4-10)5-6-17-13(19)11-7-18(15(22)23)8-12(11)14(20)21/h1-4,11-12H,5-8H2,(H,17,19)(H,20,21)(H,22,23)/t11-,12-/m1/s1. The van der Waals surface area contributed by atoms with E-state index in [1.165, 1.54) is 12.1 Å². The minimum absolute atomic E-state index is 0.130. The normalized spacial score (nSPS) is 20.3. The van der Waals surface area contributed by atoms with Gasteiger partial charge in [-0.1, -0.05) is 12.1 Å². The van der Waals surface area contributed by atoms with Crippen molar-refractivity contribution in [1.29, 1.82) is 0 Å².